The van der Waals surface area contributed by atoms with Crippen molar-refractivity contribution in [3.63, 3.8) is 0 Å². The van der Waals surface area contributed by atoms with Gasteiger partial charge < -0.3 is 0 Å². The molecule has 5 aromatic rings. The predicted molar refractivity (Wildman–Crippen MR) is 115 cm³/mol. The monoisotopic (exact) mass is 376 g/mol. The van der Waals surface area contributed by atoms with Crippen LogP contribution in [-0.2, 0) is 0 Å². The molecule has 0 saturated heterocycles. The van der Waals surface area contributed by atoms with Gasteiger partial charge in [-0.1, -0.05) is 42.5 Å². The van der Waals surface area contributed by atoms with Gasteiger partial charge in [0, 0.05) is 28.7 Å². The first-order valence-corrected chi connectivity index (χ1v) is 9.25. The average molecular weight is 376 g/mol. The molecule has 0 amide bonds. The quantitative estimate of drug-likeness (QED) is 0.351. The lowest BCUT2D eigenvalue weighted by atomic mass is 10.0. The number of benzene rings is 3. The number of hydrogen-bond donors (Lipinski definition) is 1. The van der Waals surface area contributed by atoms with E-state index in [2.05, 4.69) is 20.2 Å². The molecule has 0 atom stereocenters. The molecule has 0 spiro atoms. The number of aromatic nitrogens is 3. The molecule has 0 aliphatic rings. The predicted octanol–water partition coefficient (Wildman–Crippen LogP) is 5.09. The minimum absolute atomic E-state index is 0.155. The van der Waals surface area contributed by atoms with E-state index in [9.17, 15) is 4.79 Å². The molecular weight excluding hydrogens is 360 g/mol. The van der Waals surface area contributed by atoms with Crippen molar-refractivity contribution in [3.05, 3.63) is 102 Å². The Morgan fingerprint density at radius 1 is 0.931 bits per heavy atom. The summed E-state index contributed by atoms with van der Waals surface area (Å²) in [5.41, 5.74) is 4.24. The van der Waals surface area contributed by atoms with Gasteiger partial charge in [0.1, 0.15) is 5.69 Å². The van der Waals surface area contributed by atoms with E-state index in [0.29, 0.717) is 16.9 Å². The van der Waals surface area contributed by atoms with Gasteiger partial charge in [0.15, 0.2) is 0 Å². The number of H-pyrrole nitrogens is 1. The second kappa shape index (κ2) is 7.13. The number of nitrogens with one attached hydrogen (secondary N) is 1. The molecule has 0 unspecified atom stereocenters. The molecule has 5 rings (SSSR count). The van der Waals surface area contributed by atoms with Gasteiger partial charge in [0.05, 0.1) is 16.7 Å². The lowest BCUT2D eigenvalue weighted by molar-refractivity contribution is 0.103. The number of rotatable bonds is 4. The fraction of sp³-hybridized carbons (Fsp3) is 0. The number of para-hydroxylation sites is 2. The van der Waals surface area contributed by atoms with E-state index in [1.54, 1.807) is 18.5 Å². The third kappa shape index (κ3) is 3.19. The zero-order valence-electron chi connectivity index (χ0n) is 15.4. The average Bonchev–Trinajstić information content (AvgIpc) is 3.21. The number of fused-ring (bicyclic) bond motifs is 2. The van der Waals surface area contributed by atoms with Gasteiger partial charge >= 0.3 is 0 Å². The number of aliphatic imine (C=N–C) groups is 1. The first-order chi connectivity index (χ1) is 14.3. The van der Waals surface area contributed by atoms with E-state index in [4.69, 9.17) is 0 Å². The van der Waals surface area contributed by atoms with Gasteiger partial charge in [-0.05, 0) is 42.0 Å². The van der Waals surface area contributed by atoms with Gasteiger partial charge in [-0.25, -0.2) is 0 Å². The number of carbonyl (C=O) groups is 1. The van der Waals surface area contributed by atoms with Crippen molar-refractivity contribution in [2.75, 3.05) is 0 Å². The molecule has 2 aromatic heterocycles. The fourth-order valence-electron chi connectivity index (χ4n) is 3.36. The van der Waals surface area contributed by atoms with E-state index >= 15 is 0 Å². The van der Waals surface area contributed by atoms with Crippen LogP contribution in [0.1, 0.15) is 21.6 Å². The van der Waals surface area contributed by atoms with Crippen molar-refractivity contribution in [1.29, 1.82) is 0 Å². The Morgan fingerprint density at radius 2 is 1.79 bits per heavy atom. The molecule has 1 N–H and O–H groups in total. The second-order valence-electron chi connectivity index (χ2n) is 6.68. The largest absolute Gasteiger partial charge is 0.287 e. The van der Waals surface area contributed by atoms with Crippen LogP contribution in [0, 0.1) is 0 Å². The standard InChI is InChI=1S/C24H16N4O/c29-24(23-18-7-1-4-10-22(18)27-28-23)19-8-2-3-9-21(19)26-15-16-11-12-20-17(14-16)6-5-13-25-20/h1-15H,(H,27,28). The molecule has 5 nitrogen and oxygen atoms in total. The van der Waals surface area contributed by atoms with Gasteiger partial charge in [0.25, 0.3) is 0 Å². The van der Waals surface area contributed by atoms with E-state index in [1.807, 2.05) is 72.8 Å². The summed E-state index contributed by atoms with van der Waals surface area (Å²) in [6.45, 7) is 0. The maximum absolute atomic E-state index is 13.2. The highest BCUT2D eigenvalue weighted by Gasteiger charge is 2.18. The maximum atomic E-state index is 13.2. The van der Waals surface area contributed by atoms with Gasteiger partial charge in [-0.3, -0.25) is 19.9 Å². The van der Waals surface area contributed by atoms with Crippen molar-refractivity contribution in [2.24, 2.45) is 4.99 Å². The lowest BCUT2D eigenvalue weighted by Gasteiger charge is -2.04. The Kier molecular flexibility index (Phi) is 4.18. The second-order valence-corrected chi connectivity index (χ2v) is 6.68. The molecule has 5 heteroatoms. The minimum Gasteiger partial charge on any atom is -0.287 e. The molecule has 29 heavy (non-hydrogen) atoms. The molecule has 0 aliphatic carbocycles. The Morgan fingerprint density at radius 3 is 2.76 bits per heavy atom. The summed E-state index contributed by atoms with van der Waals surface area (Å²) in [6.07, 6.45) is 3.54. The van der Waals surface area contributed by atoms with E-state index < -0.39 is 0 Å². The summed E-state index contributed by atoms with van der Waals surface area (Å²) in [6, 6.07) is 24.8. The molecule has 0 saturated carbocycles. The van der Waals surface area contributed by atoms with Crippen LogP contribution in [0.4, 0.5) is 5.69 Å². The van der Waals surface area contributed by atoms with Crippen LogP contribution < -0.4 is 0 Å². The summed E-state index contributed by atoms with van der Waals surface area (Å²) in [7, 11) is 0. The Bertz CT molecular complexity index is 1380. The normalized spacial score (nSPS) is 11.4. The molecule has 0 aliphatic heterocycles. The minimum atomic E-state index is -0.155. The molecule has 0 bridgehead atoms. The lowest BCUT2D eigenvalue weighted by Crippen LogP contribution is -2.03. The fourth-order valence-corrected chi connectivity index (χ4v) is 3.36. The molecule has 0 fully saturated rings. The first kappa shape index (κ1) is 17.0. The third-order valence-corrected chi connectivity index (χ3v) is 4.81. The highest BCUT2D eigenvalue weighted by Crippen LogP contribution is 2.25. The van der Waals surface area contributed by atoms with Crippen LogP contribution in [0.3, 0.4) is 0 Å². The summed E-state index contributed by atoms with van der Waals surface area (Å²) < 4.78 is 0. The number of pyridine rings is 1. The van der Waals surface area contributed by atoms with Crippen molar-refractivity contribution >= 4 is 39.5 Å². The molecule has 138 valence electrons. The highest BCUT2D eigenvalue weighted by atomic mass is 16.1. The molecule has 3 aromatic carbocycles. The Labute approximate surface area is 166 Å². The maximum Gasteiger partial charge on any atom is 0.216 e. The van der Waals surface area contributed by atoms with Crippen molar-refractivity contribution in [1.82, 2.24) is 15.2 Å². The third-order valence-electron chi connectivity index (χ3n) is 4.81. The highest BCUT2D eigenvalue weighted by molar-refractivity contribution is 6.17. The van der Waals surface area contributed by atoms with E-state index in [1.165, 1.54) is 0 Å². The van der Waals surface area contributed by atoms with Crippen molar-refractivity contribution in [3.8, 4) is 0 Å². The number of nitrogens with zero attached hydrogens (tertiary/aromatic N) is 3. The Balaban J connectivity index is 1.52. The van der Waals surface area contributed by atoms with Crippen LogP contribution in [0.25, 0.3) is 21.8 Å². The van der Waals surface area contributed by atoms with Gasteiger partial charge in [0.2, 0.25) is 5.78 Å². The van der Waals surface area contributed by atoms with Crippen LogP contribution in [0.5, 0.6) is 0 Å². The van der Waals surface area contributed by atoms with Gasteiger partial charge in [-0.15, -0.1) is 0 Å². The molecule has 0 radical (unpaired) electrons. The number of carbonyl (C=O) groups excluding carboxylic acids is 1. The van der Waals surface area contributed by atoms with Crippen LogP contribution in [0.15, 0.2) is 90.1 Å². The van der Waals surface area contributed by atoms with Crippen molar-refractivity contribution < 1.29 is 4.79 Å². The van der Waals surface area contributed by atoms with Crippen LogP contribution >= 0.6 is 0 Å². The number of hydrogen-bond acceptors (Lipinski definition) is 4. The Hall–Kier alpha value is -4.12. The number of ketones is 1. The smallest absolute Gasteiger partial charge is 0.216 e. The van der Waals surface area contributed by atoms with Gasteiger partial charge in [-0.2, -0.15) is 5.10 Å². The summed E-state index contributed by atoms with van der Waals surface area (Å²) in [5.74, 6) is -0.155. The van der Waals surface area contributed by atoms with E-state index in [-0.39, 0.29) is 5.78 Å². The zero-order valence-corrected chi connectivity index (χ0v) is 15.4. The van der Waals surface area contributed by atoms with Crippen LogP contribution in [0.2, 0.25) is 0 Å². The SMILES string of the molecule is O=C(c1ccccc1N=Cc1ccc2ncccc2c1)c1n[nH]c2ccccc12. The zero-order chi connectivity index (χ0) is 19.6. The first-order valence-electron chi connectivity index (χ1n) is 9.25. The van der Waals surface area contributed by atoms with Crippen molar-refractivity contribution in [2.45, 2.75) is 0 Å². The molecular formula is C24H16N4O. The summed E-state index contributed by atoms with van der Waals surface area (Å²) in [4.78, 5) is 22.1. The summed E-state index contributed by atoms with van der Waals surface area (Å²) in [5, 5.41) is 9.00. The van der Waals surface area contributed by atoms with E-state index in [0.717, 1.165) is 27.4 Å². The number of aromatic amines is 1. The summed E-state index contributed by atoms with van der Waals surface area (Å²) >= 11 is 0. The van der Waals surface area contributed by atoms with Crippen LogP contribution in [-0.4, -0.2) is 27.2 Å². The molecule has 2 heterocycles. The topological polar surface area (TPSA) is 71.0 Å².